The third-order valence-corrected chi connectivity index (χ3v) is 3.85. The number of hydrogen-bond acceptors (Lipinski definition) is 4. The Hall–Kier alpha value is -0.160. The summed E-state index contributed by atoms with van der Waals surface area (Å²) < 4.78 is 5.70. The molecule has 1 atom stereocenters. The second-order valence-electron chi connectivity index (χ2n) is 5.34. The van der Waals surface area contributed by atoms with Gasteiger partial charge in [0, 0.05) is 52.4 Å². The van der Waals surface area contributed by atoms with Crippen LogP contribution in [0.4, 0.5) is 0 Å². The lowest BCUT2D eigenvalue weighted by Gasteiger charge is -2.32. The SMILES string of the molecule is CN1CCN(CCNCC2CCCCO2)CC1. The van der Waals surface area contributed by atoms with Crippen LogP contribution in [-0.2, 0) is 4.74 Å². The summed E-state index contributed by atoms with van der Waals surface area (Å²) in [5.74, 6) is 0. The zero-order valence-electron chi connectivity index (χ0n) is 11.2. The summed E-state index contributed by atoms with van der Waals surface area (Å²) in [5, 5.41) is 3.53. The quantitative estimate of drug-likeness (QED) is 0.705. The number of piperazine rings is 1. The van der Waals surface area contributed by atoms with Crippen molar-refractivity contribution in [2.24, 2.45) is 0 Å². The molecule has 0 aromatic carbocycles. The van der Waals surface area contributed by atoms with E-state index >= 15 is 0 Å². The molecule has 2 aliphatic rings. The fourth-order valence-electron chi connectivity index (χ4n) is 2.54. The average Bonchev–Trinajstić information content (AvgIpc) is 2.38. The minimum Gasteiger partial charge on any atom is -0.377 e. The van der Waals surface area contributed by atoms with Crippen molar-refractivity contribution in [1.82, 2.24) is 15.1 Å². The molecule has 0 aromatic rings. The lowest BCUT2D eigenvalue weighted by atomic mass is 10.1. The summed E-state index contributed by atoms with van der Waals surface area (Å²) in [6.07, 6.45) is 4.29. The van der Waals surface area contributed by atoms with E-state index in [2.05, 4.69) is 22.2 Å². The van der Waals surface area contributed by atoms with Gasteiger partial charge in [0.1, 0.15) is 0 Å². The van der Waals surface area contributed by atoms with E-state index in [4.69, 9.17) is 4.74 Å². The number of nitrogens with zero attached hydrogens (tertiary/aromatic N) is 2. The van der Waals surface area contributed by atoms with Crippen LogP contribution in [0.15, 0.2) is 0 Å². The highest BCUT2D eigenvalue weighted by Gasteiger charge is 2.14. The van der Waals surface area contributed by atoms with E-state index in [0.717, 1.165) is 19.7 Å². The van der Waals surface area contributed by atoms with E-state index in [1.165, 1.54) is 52.0 Å². The Morgan fingerprint density at radius 2 is 2.00 bits per heavy atom. The Kier molecular flexibility index (Phi) is 5.71. The van der Waals surface area contributed by atoms with E-state index in [9.17, 15) is 0 Å². The summed E-state index contributed by atoms with van der Waals surface area (Å²) >= 11 is 0. The van der Waals surface area contributed by atoms with Gasteiger partial charge in [-0.3, -0.25) is 4.90 Å². The van der Waals surface area contributed by atoms with Crippen molar-refractivity contribution in [2.45, 2.75) is 25.4 Å². The third-order valence-electron chi connectivity index (χ3n) is 3.85. The maximum atomic E-state index is 5.70. The van der Waals surface area contributed by atoms with Crippen molar-refractivity contribution in [3.05, 3.63) is 0 Å². The Morgan fingerprint density at radius 3 is 2.71 bits per heavy atom. The molecule has 1 N–H and O–H groups in total. The molecule has 2 aliphatic heterocycles. The highest BCUT2D eigenvalue weighted by Crippen LogP contribution is 2.11. The molecular weight excluding hydrogens is 214 g/mol. The van der Waals surface area contributed by atoms with E-state index in [0.29, 0.717) is 6.10 Å². The van der Waals surface area contributed by atoms with Crippen LogP contribution in [0.5, 0.6) is 0 Å². The maximum Gasteiger partial charge on any atom is 0.0699 e. The molecule has 2 fully saturated rings. The van der Waals surface area contributed by atoms with Crippen LogP contribution in [0.3, 0.4) is 0 Å². The fourth-order valence-corrected chi connectivity index (χ4v) is 2.54. The molecule has 0 saturated carbocycles. The number of rotatable bonds is 5. The van der Waals surface area contributed by atoms with E-state index in [1.807, 2.05) is 0 Å². The van der Waals surface area contributed by atoms with Crippen LogP contribution in [0.1, 0.15) is 19.3 Å². The van der Waals surface area contributed by atoms with E-state index < -0.39 is 0 Å². The van der Waals surface area contributed by atoms with Crippen molar-refractivity contribution in [3.63, 3.8) is 0 Å². The van der Waals surface area contributed by atoms with Crippen LogP contribution in [0.25, 0.3) is 0 Å². The molecule has 0 aliphatic carbocycles. The third kappa shape index (κ3) is 4.92. The number of nitrogens with one attached hydrogen (secondary N) is 1. The summed E-state index contributed by atoms with van der Waals surface area (Å²) in [6.45, 7) is 9.15. The lowest BCUT2D eigenvalue weighted by molar-refractivity contribution is 0.0166. The smallest absolute Gasteiger partial charge is 0.0699 e. The summed E-state index contributed by atoms with van der Waals surface area (Å²) in [4.78, 5) is 4.95. The highest BCUT2D eigenvalue weighted by molar-refractivity contribution is 4.71. The molecule has 17 heavy (non-hydrogen) atoms. The summed E-state index contributed by atoms with van der Waals surface area (Å²) in [6, 6.07) is 0. The molecule has 2 heterocycles. The molecular formula is C13H27N3O. The molecule has 0 aromatic heterocycles. The van der Waals surface area contributed by atoms with Gasteiger partial charge in [0.15, 0.2) is 0 Å². The Morgan fingerprint density at radius 1 is 1.18 bits per heavy atom. The van der Waals surface area contributed by atoms with Gasteiger partial charge in [-0.2, -0.15) is 0 Å². The largest absolute Gasteiger partial charge is 0.377 e. The highest BCUT2D eigenvalue weighted by atomic mass is 16.5. The molecule has 0 bridgehead atoms. The lowest BCUT2D eigenvalue weighted by Crippen LogP contribution is -2.47. The van der Waals surface area contributed by atoms with Gasteiger partial charge in [0.25, 0.3) is 0 Å². The molecule has 0 spiro atoms. The van der Waals surface area contributed by atoms with Gasteiger partial charge < -0.3 is 15.0 Å². The Balaban J connectivity index is 1.48. The first-order chi connectivity index (χ1) is 8.34. The van der Waals surface area contributed by atoms with Crippen molar-refractivity contribution in [1.29, 1.82) is 0 Å². The zero-order chi connectivity index (χ0) is 11.9. The van der Waals surface area contributed by atoms with Crippen LogP contribution < -0.4 is 5.32 Å². The molecule has 0 radical (unpaired) electrons. The molecule has 1 unspecified atom stereocenters. The van der Waals surface area contributed by atoms with Gasteiger partial charge in [0.05, 0.1) is 6.10 Å². The topological polar surface area (TPSA) is 27.7 Å². The molecule has 4 heteroatoms. The monoisotopic (exact) mass is 241 g/mol. The first kappa shape index (κ1) is 13.3. The normalized spacial score (nSPS) is 28.4. The maximum absolute atomic E-state index is 5.70. The van der Waals surface area contributed by atoms with Gasteiger partial charge in [-0.05, 0) is 26.3 Å². The van der Waals surface area contributed by atoms with Crippen LogP contribution in [0, 0.1) is 0 Å². The molecule has 100 valence electrons. The molecule has 0 amide bonds. The second-order valence-corrected chi connectivity index (χ2v) is 5.34. The Bertz CT molecular complexity index is 199. The first-order valence-corrected chi connectivity index (χ1v) is 7.08. The van der Waals surface area contributed by atoms with Crippen LogP contribution >= 0.6 is 0 Å². The number of ether oxygens (including phenoxy) is 1. The van der Waals surface area contributed by atoms with Crippen LogP contribution in [0.2, 0.25) is 0 Å². The van der Waals surface area contributed by atoms with E-state index in [1.54, 1.807) is 0 Å². The van der Waals surface area contributed by atoms with Crippen molar-refractivity contribution in [3.8, 4) is 0 Å². The minimum absolute atomic E-state index is 0.469. The average molecular weight is 241 g/mol. The Labute approximate surface area is 105 Å². The minimum atomic E-state index is 0.469. The van der Waals surface area contributed by atoms with E-state index in [-0.39, 0.29) is 0 Å². The van der Waals surface area contributed by atoms with Gasteiger partial charge >= 0.3 is 0 Å². The van der Waals surface area contributed by atoms with Gasteiger partial charge in [-0.1, -0.05) is 0 Å². The number of likely N-dealkylation sites (N-methyl/N-ethyl adjacent to an activating group) is 1. The van der Waals surface area contributed by atoms with Gasteiger partial charge in [0.2, 0.25) is 0 Å². The molecule has 2 rings (SSSR count). The van der Waals surface area contributed by atoms with Crippen LogP contribution in [-0.4, -0.2) is 75.4 Å². The predicted octanol–water partition coefficient (Wildman–Crippen LogP) is 0.393. The molecule has 4 nitrogen and oxygen atoms in total. The summed E-state index contributed by atoms with van der Waals surface area (Å²) in [5.41, 5.74) is 0. The molecule has 2 saturated heterocycles. The zero-order valence-corrected chi connectivity index (χ0v) is 11.2. The van der Waals surface area contributed by atoms with Crippen molar-refractivity contribution in [2.75, 3.05) is 59.5 Å². The fraction of sp³-hybridized carbons (Fsp3) is 1.00. The second kappa shape index (κ2) is 7.31. The van der Waals surface area contributed by atoms with Crippen molar-refractivity contribution >= 4 is 0 Å². The van der Waals surface area contributed by atoms with Crippen molar-refractivity contribution < 1.29 is 4.74 Å². The summed E-state index contributed by atoms with van der Waals surface area (Å²) in [7, 11) is 2.20. The predicted molar refractivity (Wildman–Crippen MR) is 70.4 cm³/mol. The number of hydrogen-bond donors (Lipinski definition) is 1. The standard InChI is InChI=1S/C13H27N3O/c1-15-7-9-16(10-8-15)6-5-14-12-13-4-2-3-11-17-13/h13-14H,2-12H2,1H3. The van der Waals surface area contributed by atoms with Gasteiger partial charge in [-0.25, -0.2) is 0 Å². The first-order valence-electron chi connectivity index (χ1n) is 7.08. The van der Waals surface area contributed by atoms with Gasteiger partial charge in [-0.15, -0.1) is 0 Å².